The molecule has 0 spiro atoms. The lowest BCUT2D eigenvalue weighted by Crippen LogP contribution is -2.24. The monoisotopic (exact) mass is 371 g/mol. The molecule has 3 heterocycles. The van der Waals surface area contributed by atoms with Crippen molar-refractivity contribution in [3.63, 3.8) is 0 Å². The number of carbonyl (C=O) groups is 1. The normalized spacial score (nSPS) is 22.0. The van der Waals surface area contributed by atoms with E-state index in [1.54, 1.807) is 4.68 Å². The van der Waals surface area contributed by atoms with Crippen LogP contribution in [0.1, 0.15) is 43.2 Å². The molecule has 6 nitrogen and oxygen atoms in total. The first-order valence-electron chi connectivity index (χ1n) is 8.68. The van der Waals surface area contributed by atoms with E-state index in [0.29, 0.717) is 17.1 Å². The molecule has 2 N–H and O–H groups in total. The topological polar surface area (TPSA) is 76.1 Å². The summed E-state index contributed by atoms with van der Waals surface area (Å²) < 4.78 is 7.80. The molecule has 26 heavy (non-hydrogen) atoms. The van der Waals surface area contributed by atoms with Gasteiger partial charge in [0.1, 0.15) is 17.7 Å². The Hall–Kier alpha value is -2.41. The number of para-hydroxylation sites is 1. The van der Waals surface area contributed by atoms with E-state index in [2.05, 4.69) is 16.5 Å². The fourth-order valence-electron chi connectivity index (χ4n) is 3.45. The maximum Gasteiger partial charge on any atom is 0.270 e. The van der Waals surface area contributed by atoms with Gasteiger partial charge in [-0.2, -0.15) is 0 Å². The highest BCUT2D eigenvalue weighted by atomic mass is 32.2. The quantitative estimate of drug-likeness (QED) is 0.849. The standard InChI is InChI=1S/C19H21N3O3S/c1-10(2)22-18-16(19(24)21-22)17(26-9-15(23)20-18)13-8-12-6-4-5-7-14(12)25-11(13)3/h4-8,10-11,17H,9H2,1-3H3,(H,20,23)(H,21,24)/t11-,17-/m1/s1. The molecule has 2 aliphatic heterocycles. The molecule has 2 aromatic rings. The number of nitrogens with zero attached hydrogens (tertiary/aromatic N) is 1. The molecular weight excluding hydrogens is 350 g/mol. The number of fused-ring (bicyclic) bond motifs is 2. The summed E-state index contributed by atoms with van der Waals surface area (Å²) in [6, 6.07) is 7.88. The van der Waals surface area contributed by atoms with Gasteiger partial charge in [0.05, 0.1) is 16.6 Å². The second kappa shape index (κ2) is 6.39. The fourth-order valence-corrected chi connectivity index (χ4v) is 4.67. The van der Waals surface area contributed by atoms with Gasteiger partial charge in [0, 0.05) is 11.6 Å². The predicted octanol–water partition coefficient (Wildman–Crippen LogP) is 3.35. The largest absolute Gasteiger partial charge is 0.486 e. The highest BCUT2D eigenvalue weighted by Crippen LogP contribution is 2.45. The van der Waals surface area contributed by atoms with E-state index in [9.17, 15) is 9.59 Å². The highest BCUT2D eigenvalue weighted by molar-refractivity contribution is 8.00. The van der Waals surface area contributed by atoms with Crippen molar-refractivity contribution in [2.75, 3.05) is 11.1 Å². The molecular formula is C19H21N3O3S. The molecule has 0 aliphatic carbocycles. The number of nitrogens with one attached hydrogen (secondary N) is 2. The van der Waals surface area contributed by atoms with Crippen LogP contribution in [0.4, 0.5) is 5.82 Å². The molecule has 4 rings (SSSR count). The predicted molar refractivity (Wildman–Crippen MR) is 104 cm³/mol. The maximum absolute atomic E-state index is 12.7. The summed E-state index contributed by atoms with van der Waals surface area (Å²) >= 11 is 1.47. The Morgan fingerprint density at radius 2 is 2.04 bits per heavy atom. The number of thioether (sulfide) groups is 1. The van der Waals surface area contributed by atoms with E-state index in [1.807, 2.05) is 45.0 Å². The van der Waals surface area contributed by atoms with Crippen LogP contribution in [-0.2, 0) is 4.79 Å². The number of carbonyl (C=O) groups excluding carboxylic acids is 1. The number of rotatable bonds is 2. The summed E-state index contributed by atoms with van der Waals surface area (Å²) in [6.07, 6.45) is 1.91. The zero-order valence-corrected chi connectivity index (χ0v) is 15.7. The average Bonchev–Trinajstić information content (AvgIpc) is 2.81. The van der Waals surface area contributed by atoms with Crippen molar-refractivity contribution in [1.82, 2.24) is 9.78 Å². The van der Waals surface area contributed by atoms with Crippen molar-refractivity contribution >= 4 is 29.6 Å². The first-order valence-corrected chi connectivity index (χ1v) is 9.73. The number of ether oxygens (including phenoxy) is 1. The van der Waals surface area contributed by atoms with Crippen LogP contribution >= 0.6 is 11.8 Å². The third kappa shape index (κ3) is 2.76. The van der Waals surface area contributed by atoms with Crippen molar-refractivity contribution in [1.29, 1.82) is 0 Å². The van der Waals surface area contributed by atoms with Gasteiger partial charge in [-0.25, -0.2) is 0 Å². The van der Waals surface area contributed by atoms with Crippen molar-refractivity contribution < 1.29 is 9.53 Å². The summed E-state index contributed by atoms with van der Waals surface area (Å²) in [6.45, 7) is 5.92. The Morgan fingerprint density at radius 3 is 2.81 bits per heavy atom. The van der Waals surface area contributed by atoms with Crippen LogP contribution < -0.4 is 15.6 Å². The number of benzene rings is 1. The summed E-state index contributed by atoms with van der Waals surface area (Å²) in [4.78, 5) is 25.0. The van der Waals surface area contributed by atoms with E-state index >= 15 is 0 Å². The molecule has 136 valence electrons. The molecule has 7 heteroatoms. The van der Waals surface area contributed by atoms with Gasteiger partial charge in [0.25, 0.3) is 5.56 Å². The molecule has 0 fully saturated rings. The van der Waals surface area contributed by atoms with Gasteiger partial charge >= 0.3 is 0 Å². The maximum atomic E-state index is 12.7. The molecule has 0 radical (unpaired) electrons. The number of aromatic nitrogens is 2. The molecule has 1 aromatic heterocycles. The van der Waals surface area contributed by atoms with Crippen LogP contribution in [0.3, 0.4) is 0 Å². The molecule has 0 bridgehead atoms. The molecule has 0 saturated carbocycles. The second-order valence-electron chi connectivity index (χ2n) is 6.85. The van der Waals surface area contributed by atoms with Crippen LogP contribution in [0.5, 0.6) is 5.75 Å². The first kappa shape index (κ1) is 17.0. The number of H-pyrrole nitrogens is 1. The average molecular weight is 371 g/mol. The number of hydrogen-bond acceptors (Lipinski definition) is 4. The minimum absolute atomic E-state index is 0.0326. The second-order valence-corrected chi connectivity index (χ2v) is 7.94. The molecule has 1 amide bonds. The highest BCUT2D eigenvalue weighted by Gasteiger charge is 2.35. The van der Waals surface area contributed by atoms with Crippen LogP contribution in [0.2, 0.25) is 0 Å². The zero-order chi connectivity index (χ0) is 18.4. The first-order chi connectivity index (χ1) is 12.5. The number of aromatic amines is 1. The third-order valence-corrected chi connectivity index (χ3v) is 5.97. The van der Waals surface area contributed by atoms with E-state index in [0.717, 1.165) is 16.9 Å². The summed E-state index contributed by atoms with van der Waals surface area (Å²) in [5.41, 5.74) is 2.42. The molecule has 1 aromatic carbocycles. The van der Waals surface area contributed by atoms with Crippen molar-refractivity contribution in [3.05, 3.63) is 51.3 Å². The van der Waals surface area contributed by atoms with Crippen molar-refractivity contribution in [2.45, 2.75) is 38.2 Å². The zero-order valence-electron chi connectivity index (χ0n) is 14.9. The van der Waals surface area contributed by atoms with E-state index in [4.69, 9.17) is 4.74 Å². The minimum atomic E-state index is -0.240. The van der Waals surface area contributed by atoms with Gasteiger partial charge in [-0.3, -0.25) is 19.4 Å². The van der Waals surface area contributed by atoms with Crippen LogP contribution in [0.15, 0.2) is 34.6 Å². The summed E-state index contributed by atoms with van der Waals surface area (Å²) in [5, 5.41) is 5.53. The van der Waals surface area contributed by atoms with Gasteiger partial charge in [0.15, 0.2) is 0 Å². The van der Waals surface area contributed by atoms with Crippen molar-refractivity contribution in [2.24, 2.45) is 0 Å². The van der Waals surface area contributed by atoms with E-state index < -0.39 is 0 Å². The van der Waals surface area contributed by atoms with Crippen LogP contribution in [-0.4, -0.2) is 27.5 Å². The minimum Gasteiger partial charge on any atom is -0.486 e. The molecule has 2 aliphatic rings. The summed E-state index contributed by atoms with van der Waals surface area (Å²) in [7, 11) is 0. The molecule has 2 atom stereocenters. The fraction of sp³-hybridized carbons (Fsp3) is 0.368. The van der Waals surface area contributed by atoms with Crippen LogP contribution in [0, 0.1) is 0 Å². The van der Waals surface area contributed by atoms with Crippen molar-refractivity contribution in [3.8, 4) is 5.75 Å². The Labute approximate surface area is 155 Å². The van der Waals surface area contributed by atoms with Gasteiger partial charge in [-0.1, -0.05) is 18.2 Å². The van der Waals surface area contributed by atoms with E-state index in [1.165, 1.54) is 11.8 Å². The third-order valence-electron chi connectivity index (χ3n) is 4.70. The van der Waals surface area contributed by atoms with Gasteiger partial charge in [-0.15, -0.1) is 11.8 Å². The lowest BCUT2D eigenvalue weighted by atomic mass is 9.96. The number of amides is 1. The molecule has 0 unspecified atom stereocenters. The smallest absolute Gasteiger partial charge is 0.270 e. The Bertz CT molecular complexity index is 957. The SMILES string of the molecule is CC(C)n1[nH]c(=O)c2c1NC(=O)CS[C@@H]2C1=Cc2ccccc2O[C@@H]1C. The van der Waals surface area contributed by atoms with Gasteiger partial charge in [-0.05, 0) is 38.5 Å². The lowest BCUT2D eigenvalue weighted by Gasteiger charge is -2.28. The number of anilines is 1. The summed E-state index contributed by atoms with van der Waals surface area (Å²) in [5.74, 6) is 1.60. The van der Waals surface area contributed by atoms with Crippen LogP contribution in [0.25, 0.3) is 6.08 Å². The van der Waals surface area contributed by atoms with Gasteiger partial charge in [0.2, 0.25) is 5.91 Å². The number of hydrogen-bond donors (Lipinski definition) is 2. The lowest BCUT2D eigenvalue weighted by molar-refractivity contribution is -0.113. The Morgan fingerprint density at radius 1 is 1.27 bits per heavy atom. The van der Waals surface area contributed by atoms with Gasteiger partial charge < -0.3 is 10.1 Å². The molecule has 0 saturated heterocycles. The Balaban J connectivity index is 1.87. The van der Waals surface area contributed by atoms with E-state index in [-0.39, 0.29) is 28.9 Å². The Kier molecular flexibility index (Phi) is 4.19.